The number of amides is 1. The largest absolute Gasteiger partial charge is 0.493 e. The number of furan rings is 1. The lowest BCUT2D eigenvalue weighted by Gasteiger charge is -2.09. The van der Waals surface area contributed by atoms with E-state index in [-0.39, 0.29) is 5.91 Å². The Bertz CT molecular complexity index is 632. The van der Waals surface area contributed by atoms with Gasteiger partial charge in [-0.25, -0.2) is 0 Å². The molecule has 0 unspecified atom stereocenters. The van der Waals surface area contributed by atoms with Gasteiger partial charge in [-0.05, 0) is 42.3 Å². The van der Waals surface area contributed by atoms with Gasteiger partial charge in [-0.15, -0.1) is 0 Å². The highest BCUT2D eigenvalue weighted by atomic mass is 16.5. The lowest BCUT2D eigenvalue weighted by molar-refractivity contribution is -0.116. The molecule has 0 bridgehead atoms. The fraction of sp³-hybridized carbons (Fsp3) is 0.235. The summed E-state index contributed by atoms with van der Waals surface area (Å²) in [5, 5.41) is 2.82. The molecule has 0 saturated carbocycles. The number of hydrogen-bond donors (Lipinski definition) is 1. The van der Waals surface area contributed by atoms with E-state index in [0.717, 1.165) is 5.56 Å². The third kappa shape index (κ3) is 4.41. The summed E-state index contributed by atoms with van der Waals surface area (Å²) >= 11 is 0. The molecule has 0 fully saturated rings. The van der Waals surface area contributed by atoms with Crippen LogP contribution in [0.1, 0.15) is 11.3 Å². The van der Waals surface area contributed by atoms with E-state index in [2.05, 4.69) is 5.32 Å². The van der Waals surface area contributed by atoms with E-state index < -0.39 is 0 Å². The van der Waals surface area contributed by atoms with E-state index >= 15 is 0 Å². The predicted molar refractivity (Wildman–Crippen MR) is 84.0 cm³/mol. The Morgan fingerprint density at radius 2 is 2.05 bits per heavy atom. The SMILES string of the molecule is COc1ccc(CCNC(=O)C=Cc2ccco2)cc1OC. The number of rotatable bonds is 7. The molecule has 0 spiro atoms. The Balaban J connectivity index is 1.82. The highest BCUT2D eigenvalue weighted by molar-refractivity contribution is 5.91. The van der Waals surface area contributed by atoms with Crippen molar-refractivity contribution in [2.45, 2.75) is 6.42 Å². The average Bonchev–Trinajstić information content (AvgIpc) is 3.06. The van der Waals surface area contributed by atoms with Gasteiger partial charge in [0.15, 0.2) is 11.5 Å². The number of hydrogen-bond acceptors (Lipinski definition) is 4. The van der Waals surface area contributed by atoms with Crippen LogP contribution < -0.4 is 14.8 Å². The van der Waals surface area contributed by atoms with Crippen LogP contribution in [0.4, 0.5) is 0 Å². The predicted octanol–water partition coefficient (Wildman–Crippen LogP) is 2.67. The van der Waals surface area contributed by atoms with Crippen molar-refractivity contribution in [3.63, 3.8) is 0 Å². The number of ether oxygens (including phenoxy) is 2. The minimum absolute atomic E-state index is 0.156. The van der Waals surface area contributed by atoms with Crippen LogP contribution in [-0.2, 0) is 11.2 Å². The Kier molecular flexibility index (Phi) is 5.65. The first-order chi connectivity index (χ1) is 10.7. The highest BCUT2D eigenvalue weighted by Gasteiger charge is 2.04. The van der Waals surface area contributed by atoms with E-state index in [1.165, 1.54) is 6.08 Å². The lowest BCUT2D eigenvalue weighted by Crippen LogP contribution is -2.23. The molecule has 22 heavy (non-hydrogen) atoms. The molecule has 5 heteroatoms. The molecule has 1 heterocycles. The maximum Gasteiger partial charge on any atom is 0.244 e. The minimum Gasteiger partial charge on any atom is -0.493 e. The second kappa shape index (κ2) is 7.93. The van der Waals surface area contributed by atoms with Gasteiger partial charge in [0.25, 0.3) is 0 Å². The summed E-state index contributed by atoms with van der Waals surface area (Å²) in [4.78, 5) is 11.7. The van der Waals surface area contributed by atoms with Gasteiger partial charge >= 0.3 is 0 Å². The second-order valence-corrected chi connectivity index (χ2v) is 4.58. The van der Waals surface area contributed by atoms with Crippen LogP contribution in [0.15, 0.2) is 47.1 Å². The summed E-state index contributed by atoms with van der Waals surface area (Å²) in [5.41, 5.74) is 1.06. The molecule has 0 aliphatic rings. The van der Waals surface area contributed by atoms with Crippen molar-refractivity contribution in [3.05, 3.63) is 54.0 Å². The van der Waals surface area contributed by atoms with E-state index in [1.54, 1.807) is 38.7 Å². The third-order valence-electron chi connectivity index (χ3n) is 3.10. The van der Waals surface area contributed by atoms with Gasteiger partial charge in [0, 0.05) is 12.6 Å². The van der Waals surface area contributed by atoms with Crippen molar-refractivity contribution < 1.29 is 18.7 Å². The Morgan fingerprint density at radius 3 is 2.73 bits per heavy atom. The summed E-state index contributed by atoms with van der Waals surface area (Å²) in [7, 11) is 3.20. The molecule has 2 rings (SSSR count). The van der Waals surface area contributed by atoms with Gasteiger partial charge in [0.1, 0.15) is 5.76 Å². The molecule has 0 radical (unpaired) electrons. The molecule has 0 aliphatic heterocycles. The molecule has 1 N–H and O–H groups in total. The standard InChI is InChI=1S/C17H19NO4/c1-20-15-7-5-13(12-16(15)21-2)9-10-18-17(19)8-6-14-4-3-11-22-14/h3-8,11-12H,9-10H2,1-2H3,(H,18,19). The van der Waals surface area contributed by atoms with E-state index in [1.807, 2.05) is 18.2 Å². The molecule has 1 aromatic carbocycles. The zero-order valence-corrected chi connectivity index (χ0v) is 12.7. The summed E-state index contributed by atoms with van der Waals surface area (Å²) in [6.07, 6.45) is 5.36. The zero-order valence-electron chi connectivity index (χ0n) is 12.7. The maximum atomic E-state index is 11.7. The van der Waals surface area contributed by atoms with Gasteiger partial charge < -0.3 is 19.2 Å². The first-order valence-electron chi connectivity index (χ1n) is 6.93. The van der Waals surface area contributed by atoms with Crippen molar-refractivity contribution in [3.8, 4) is 11.5 Å². The summed E-state index contributed by atoms with van der Waals surface area (Å²) in [6, 6.07) is 9.27. The molecule has 0 atom stereocenters. The Hall–Kier alpha value is -2.69. The van der Waals surface area contributed by atoms with Gasteiger partial charge in [-0.3, -0.25) is 4.79 Å². The van der Waals surface area contributed by atoms with Crippen LogP contribution in [0.2, 0.25) is 0 Å². The van der Waals surface area contributed by atoms with Gasteiger partial charge in [-0.2, -0.15) is 0 Å². The van der Waals surface area contributed by atoms with Crippen molar-refractivity contribution >= 4 is 12.0 Å². The quantitative estimate of drug-likeness (QED) is 0.799. The van der Waals surface area contributed by atoms with Crippen LogP contribution >= 0.6 is 0 Å². The number of carbonyl (C=O) groups is 1. The van der Waals surface area contributed by atoms with Crippen LogP contribution in [0.25, 0.3) is 6.08 Å². The molecule has 116 valence electrons. The van der Waals surface area contributed by atoms with Gasteiger partial charge in [0.05, 0.1) is 20.5 Å². The van der Waals surface area contributed by atoms with E-state index in [4.69, 9.17) is 13.9 Å². The van der Waals surface area contributed by atoms with Crippen molar-refractivity contribution in [2.75, 3.05) is 20.8 Å². The van der Waals surface area contributed by atoms with Crippen molar-refractivity contribution in [1.82, 2.24) is 5.32 Å². The Labute approximate surface area is 129 Å². The normalized spacial score (nSPS) is 10.6. The number of nitrogens with one attached hydrogen (secondary N) is 1. The van der Waals surface area contributed by atoms with E-state index in [0.29, 0.717) is 30.2 Å². The number of carbonyl (C=O) groups excluding carboxylic acids is 1. The molecule has 5 nitrogen and oxygen atoms in total. The summed E-state index contributed by atoms with van der Waals surface area (Å²) in [5.74, 6) is 1.87. The van der Waals surface area contributed by atoms with Crippen LogP contribution in [0, 0.1) is 0 Å². The average molecular weight is 301 g/mol. The zero-order chi connectivity index (χ0) is 15.8. The van der Waals surface area contributed by atoms with Gasteiger partial charge in [-0.1, -0.05) is 6.07 Å². The maximum absolute atomic E-state index is 11.7. The van der Waals surface area contributed by atoms with Gasteiger partial charge in [0.2, 0.25) is 5.91 Å². The first kappa shape index (κ1) is 15.7. The van der Waals surface area contributed by atoms with E-state index in [9.17, 15) is 4.79 Å². The smallest absolute Gasteiger partial charge is 0.244 e. The summed E-state index contributed by atoms with van der Waals surface area (Å²) in [6.45, 7) is 0.539. The number of methoxy groups -OCH3 is 2. The van der Waals surface area contributed by atoms with Crippen LogP contribution in [-0.4, -0.2) is 26.7 Å². The van der Waals surface area contributed by atoms with Crippen LogP contribution in [0.5, 0.6) is 11.5 Å². The summed E-state index contributed by atoms with van der Waals surface area (Å²) < 4.78 is 15.6. The molecule has 0 saturated heterocycles. The molecule has 1 aromatic heterocycles. The second-order valence-electron chi connectivity index (χ2n) is 4.58. The molecule has 1 amide bonds. The Morgan fingerprint density at radius 1 is 1.23 bits per heavy atom. The lowest BCUT2D eigenvalue weighted by atomic mass is 10.1. The highest BCUT2D eigenvalue weighted by Crippen LogP contribution is 2.27. The molecule has 0 aliphatic carbocycles. The minimum atomic E-state index is -0.156. The monoisotopic (exact) mass is 301 g/mol. The number of benzene rings is 1. The molecule has 2 aromatic rings. The van der Waals surface area contributed by atoms with Crippen molar-refractivity contribution in [2.24, 2.45) is 0 Å². The molecular formula is C17H19NO4. The fourth-order valence-electron chi connectivity index (χ4n) is 1.97. The molecular weight excluding hydrogens is 282 g/mol. The topological polar surface area (TPSA) is 60.7 Å². The van der Waals surface area contributed by atoms with Crippen molar-refractivity contribution in [1.29, 1.82) is 0 Å². The third-order valence-corrected chi connectivity index (χ3v) is 3.10. The van der Waals surface area contributed by atoms with Crippen LogP contribution in [0.3, 0.4) is 0 Å². The first-order valence-corrected chi connectivity index (χ1v) is 6.93. The fourth-order valence-corrected chi connectivity index (χ4v) is 1.97.